The number of aliphatic hydroxyl groups is 1. The van der Waals surface area contributed by atoms with E-state index < -0.39 is 5.60 Å². The summed E-state index contributed by atoms with van der Waals surface area (Å²) in [6.45, 7) is 7.03. The van der Waals surface area contributed by atoms with Crippen LogP contribution in [-0.4, -0.2) is 39.2 Å². The van der Waals surface area contributed by atoms with Gasteiger partial charge in [-0.15, -0.1) is 0 Å². The molecule has 1 aromatic heterocycles. The fraction of sp³-hybridized carbons (Fsp3) is 0.643. The highest BCUT2D eigenvalue weighted by Crippen LogP contribution is 2.25. The summed E-state index contributed by atoms with van der Waals surface area (Å²) in [4.78, 5) is 14.4. The van der Waals surface area contributed by atoms with E-state index in [9.17, 15) is 9.90 Å². The predicted molar refractivity (Wildman–Crippen MR) is 78.3 cm³/mol. The molecule has 2 heterocycles. The van der Waals surface area contributed by atoms with Crippen LogP contribution in [0.1, 0.15) is 50.1 Å². The third kappa shape index (κ3) is 3.20. The van der Waals surface area contributed by atoms with Crippen LogP contribution >= 0.6 is 15.9 Å². The quantitative estimate of drug-likeness (QED) is 0.907. The van der Waals surface area contributed by atoms with Gasteiger partial charge >= 0.3 is 0 Å². The van der Waals surface area contributed by atoms with Crippen LogP contribution in [0.3, 0.4) is 0 Å². The SMILES string of the molecule is CC(C)n1cc(Br)cc1C(=O)N1CCCC(C)(O)C1. The number of aromatic nitrogens is 1. The summed E-state index contributed by atoms with van der Waals surface area (Å²) >= 11 is 3.43. The summed E-state index contributed by atoms with van der Waals surface area (Å²) in [7, 11) is 0. The van der Waals surface area contributed by atoms with Crippen LogP contribution in [0.2, 0.25) is 0 Å². The van der Waals surface area contributed by atoms with Crippen LogP contribution in [0.5, 0.6) is 0 Å². The van der Waals surface area contributed by atoms with Gasteiger partial charge in [-0.25, -0.2) is 0 Å². The lowest BCUT2D eigenvalue weighted by molar-refractivity contribution is -0.0111. The fourth-order valence-corrected chi connectivity index (χ4v) is 3.04. The molecular formula is C14H21BrN2O2. The van der Waals surface area contributed by atoms with Gasteiger partial charge in [0, 0.05) is 29.8 Å². The Morgan fingerprint density at radius 2 is 2.21 bits per heavy atom. The maximum absolute atomic E-state index is 12.6. The summed E-state index contributed by atoms with van der Waals surface area (Å²) < 4.78 is 2.88. The normalized spacial score (nSPS) is 24.0. The minimum atomic E-state index is -0.763. The first-order valence-corrected chi connectivity index (χ1v) is 7.48. The van der Waals surface area contributed by atoms with Crippen molar-refractivity contribution in [1.29, 1.82) is 0 Å². The second kappa shape index (κ2) is 5.29. The molecule has 1 aromatic rings. The van der Waals surface area contributed by atoms with Gasteiger partial charge in [0.25, 0.3) is 5.91 Å². The maximum atomic E-state index is 12.6. The number of nitrogens with zero attached hydrogens (tertiary/aromatic N) is 2. The molecule has 1 N–H and O–H groups in total. The van der Waals surface area contributed by atoms with Crippen molar-refractivity contribution >= 4 is 21.8 Å². The minimum Gasteiger partial charge on any atom is -0.388 e. The molecule has 19 heavy (non-hydrogen) atoms. The van der Waals surface area contributed by atoms with Crippen molar-refractivity contribution in [1.82, 2.24) is 9.47 Å². The molecule has 1 aliphatic rings. The zero-order valence-corrected chi connectivity index (χ0v) is 13.3. The molecule has 106 valence electrons. The second-order valence-corrected chi connectivity index (χ2v) is 6.79. The third-order valence-electron chi connectivity index (χ3n) is 3.55. The van der Waals surface area contributed by atoms with E-state index in [0.29, 0.717) is 12.2 Å². The molecule has 1 amide bonds. The maximum Gasteiger partial charge on any atom is 0.270 e. The zero-order chi connectivity index (χ0) is 14.2. The first-order valence-electron chi connectivity index (χ1n) is 6.69. The number of hydrogen-bond donors (Lipinski definition) is 1. The summed E-state index contributed by atoms with van der Waals surface area (Å²) in [5.74, 6) is -0.000579. The molecule has 0 aromatic carbocycles. The average molecular weight is 329 g/mol. The highest BCUT2D eigenvalue weighted by Gasteiger charge is 2.32. The van der Waals surface area contributed by atoms with E-state index in [1.807, 2.05) is 16.8 Å². The summed E-state index contributed by atoms with van der Waals surface area (Å²) in [5, 5.41) is 10.1. The first-order chi connectivity index (χ1) is 8.80. The molecule has 1 fully saturated rings. The molecule has 0 bridgehead atoms. The van der Waals surface area contributed by atoms with E-state index >= 15 is 0 Å². The van der Waals surface area contributed by atoms with E-state index in [1.54, 1.807) is 11.8 Å². The molecule has 0 radical (unpaired) electrons. The molecule has 1 aliphatic heterocycles. The Morgan fingerprint density at radius 3 is 2.79 bits per heavy atom. The van der Waals surface area contributed by atoms with Crippen LogP contribution in [0.25, 0.3) is 0 Å². The molecule has 5 heteroatoms. The molecule has 4 nitrogen and oxygen atoms in total. The molecule has 1 unspecified atom stereocenters. The number of carbonyl (C=O) groups is 1. The number of amides is 1. The highest BCUT2D eigenvalue weighted by molar-refractivity contribution is 9.10. The number of halogens is 1. The minimum absolute atomic E-state index is 0.000579. The van der Waals surface area contributed by atoms with E-state index in [-0.39, 0.29) is 11.9 Å². The highest BCUT2D eigenvalue weighted by atomic mass is 79.9. The van der Waals surface area contributed by atoms with Crippen molar-refractivity contribution in [3.63, 3.8) is 0 Å². The van der Waals surface area contributed by atoms with Crippen molar-refractivity contribution in [3.8, 4) is 0 Å². The van der Waals surface area contributed by atoms with Gasteiger partial charge in [0.1, 0.15) is 5.69 Å². The van der Waals surface area contributed by atoms with Gasteiger partial charge in [-0.1, -0.05) is 0 Å². The lowest BCUT2D eigenvalue weighted by Crippen LogP contribution is -2.49. The molecule has 0 saturated carbocycles. The largest absolute Gasteiger partial charge is 0.388 e. The summed E-state index contributed by atoms with van der Waals surface area (Å²) in [6.07, 6.45) is 3.54. The van der Waals surface area contributed by atoms with Gasteiger partial charge in [-0.05, 0) is 55.6 Å². The van der Waals surface area contributed by atoms with Crippen molar-refractivity contribution in [3.05, 3.63) is 22.4 Å². The summed E-state index contributed by atoms with van der Waals surface area (Å²) in [5.41, 5.74) is -0.0833. The third-order valence-corrected chi connectivity index (χ3v) is 3.99. The van der Waals surface area contributed by atoms with E-state index in [0.717, 1.165) is 23.9 Å². The Morgan fingerprint density at radius 1 is 1.53 bits per heavy atom. The number of hydrogen-bond acceptors (Lipinski definition) is 2. The van der Waals surface area contributed by atoms with Crippen molar-refractivity contribution in [2.24, 2.45) is 0 Å². The van der Waals surface area contributed by atoms with E-state index in [1.165, 1.54) is 0 Å². The number of piperidine rings is 1. The molecule has 1 saturated heterocycles. The Labute approximate surface area is 122 Å². The second-order valence-electron chi connectivity index (χ2n) is 5.87. The first kappa shape index (κ1) is 14.6. The van der Waals surface area contributed by atoms with E-state index in [4.69, 9.17) is 0 Å². The molecule has 2 rings (SSSR count). The topological polar surface area (TPSA) is 45.5 Å². The van der Waals surface area contributed by atoms with Gasteiger partial charge in [-0.2, -0.15) is 0 Å². The van der Waals surface area contributed by atoms with Gasteiger partial charge in [0.05, 0.1) is 5.60 Å². The van der Waals surface area contributed by atoms with Crippen molar-refractivity contribution < 1.29 is 9.90 Å². The van der Waals surface area contributed by atoms with Crippen LogP contribution in [0.15, 0.2) is 16.7 Å². The predicted octanol–water partition coefficient (Wildman–Crippen LogP) is 2.82. The zero-order valence-electron chi connectivity index (χ0n) is 11.7. The van der Waals surface area contributed by atoms with Crippen LogP contribution in [-0.2, 0) is 0 Å². The molecule has 1 atom stereocenters. The standard InChI is InChI=1S/C14H21BrN2O2/c1-10(2)17-8-11(15)7-12(17)13(18)16-6-4-5-14(3,19)9-16/h7-8,10,19H,4-6,9H2,1-3H3. The van der Waals surface area contributed by atoms with Crippen LogP contribution in [0, 0.1) is 0 Å². The van der Waals surface area contributed by atoms with Gasteiger partial charge in [0.2, 0.25) is 0 Å². The Kier molecular flexibility index (Phi) is 4.06. The Bertz CT molecular complexity index is 480. The smallest absolute Gasteiger partial charge is 0.270 e. The molecule has 0 aliphatic carbocycles. The van der Waals surface area contributed by atoms with Crippen molar-refractivity contribution in [2.45, 2.75) is 45.3 Å². The number of likely N-dealkylation sites (tertiary alicyclic amines) is 1. The lowest BCUT2D eigenvalue weighted by Gasteiger charge is -2.37. The average Bonchev–Trinajstić information content (AvgIpc) is 2.69. The van der Waals surface area contributed by atoms with Crippen LogP contribution < -0.4 is 0 Å². The number of β-amino-alcohol motifs (C(OH)–C–C–N with tert-alkyl or cyclic N) is 1. The van der Waals surface area contributed by atoms with Gasteiger partial charge in [-0.3, -0.25) is 4.79 Å². The van der Waals surface area contributed by atoms with Gasteiger partial charge in [0.15, 0.2) is 0 Å². The Balaban J connectivity index is 2.24. The molecular weight excluding hydrogens is 308 g/mol. The number of rotatable bonds is 2. The van der Waals surface area contributed by atoms with Crippen molar-refractivity contribution in [2.75, 3.05) is 13.1 Å². The monoisotopic (exact) mass is 328 g/mol. The molecule has 0 spiro atoms. The lowest BCUT2D eigenvalue weighted by atomic mass is 9.95. The Hall–Kier alpha value is -0.810. The van der Waals surface area contributed by atoms with Gasteiger partial charge < -0.3 is 14.6 Å². The fourth-order valence-electron chi connectivity index (χ4n) is 2.60. The van der Waals surface area contributed by atoms with E-state index in [2.05, 4.69) is 29.8 Å². The van der Waals surface area contributed by atoms with Crippen LogP contribution in [0.4, 0.5) is 0 Å². The number of carbonyl (C=O) groups excluding carboxylic acids is 1. The summed E-state index contributed by atoms with van der Waals surface area (Å²) in [6, 6.07) is 2.08.